The normalized spacial score (nSPS) is 16.5. The first kappa shape index (κ1) is 27.3. The summed E-state index contributed by atoms with van der Waals surface area (Å²) in [6.07, 6.45) is 1.98. The molecule has 0 bridgehead atoms. The van der Waals surface area contributed by atoms with Gasteiger partial charge in [-0.05, 0) is 90.1 Å². The Labute approximate surface area is 234 Å². The average molecular weight is 535 g/mol. The molecule has 4 nitrogen and oxygen atoms in total. The lowest BCUT2D eigenvalue weighted by molar-refractivity contribution is 0.00578. The van der Waals surface area contributed by atoms with Crippen molar-refractivity contribution in [2.24, 2.45) is 4.99 Å². The van der Waals surface area contributed by atoms with Gasteiger partial charge in [0.15, 0.2) is 7.29 Å². The molecule has 6 heteroatoms. The molecular weight excluding hydrogens is 498 g/mol. The van der Waals surface area contributed by atoms with Crippen molar-refractivity contribution in [1.82, 2.24) is 0 Å². The summed E-state index contributed by atoms with van der Waals surface area (Å²) in [6.45, 7) is 12.1. The molecule has 0 aromatic heterocycles. The van der Waals surface area contributed by atoms with Crippen LogP contribution in [0.25, 0.3) is 0 Å². The molecule has 4 aromatic carbocycles. The van der Waals surface area contributed by atoms with Crippen LogP contribution >= 0.6 is 7.29 Å². The van der Waals surface area contributed by atoms with Crippen LogP contribution in [-0.2, 0) is 9.31 Å². The van der Waals surface area contributed by atoms with E-state index < -0.39 is 25.3 Å². The Morgan fingerprint density at radius 2 is 1.08 bits per heavy atom. The number of nitrogens with zero attached hydrogens (tertiary/aromatic N) is 2. The Morgan fingerprint density at radius 1 is 0.641 bits per heavy atom. The molecule has 0 amide bonds. The second-order valence-electron chi connectivity index (χ2n) is 11.2. The third-order valence-corrected chi connectivity index (χ3v) is 11.8. The largest absolute Gasteiger partial charge is 0.705 e. The van der Waals surface area contributed by atoms with Crippen LogP contribution in [-0.4, -0.2) is 24.4 Å². The molecule has 1 heterocycles. The zero-order chi connectivity index (χ0) is 27.7. The summed E-state index contributed by atoms with van der Waals surface area (Å²) in [6, 6.07) is 38.3. The van der Waals surface area contributed by atoms with Gasteiger partial charge in [-0.3, -0.25) is 0 Å². The van der Waals surface area contributed by atoms with E-state index in [2.05, 4.69) is 155 Å². The van der Waals surface area contributed by atoms with Crippen LogP contribution in [0.3, 0.4) is 0 Å². The monoisotopic (exact) mass is 535 g/mol. The van der Waals surface area contributed by atoms with E-state index in [1.807, 2.05) is 6.34 Å². The first-order valence-electron chi connectivity index (χ1n) is 13.5. The first-order valence-corrected chi connectivity index (χ1v) is 15.3. The average Bonchev–Trinajstić information content (AvgIpc) is 3.15. The van der Waals surface area contributed by atoms with E-state index in [0.29, 0.717) is 0 Å². The number of aliphatic imine (C=N–C) groups is 1. The number of hydrogen-bond acceptors (Lipinski definition) is 3. The second kappa shape index (κ2) is 10.7. The number of anilines is 1. The molecule has 5 rings (SSSR count). The first-order chi connectivity index (χ1) is 18.6. The highest BCUT2D eigenvalue weighted by Gasteiger charge is 2.72. The summed E-state index contributed by atoms with van der Waals surface area (Å²) in [7, 11) is -2.66. The number of hydrogen-bond donors (Lipinski definition) is 0. The molecule has 0 atom stereocenters. The van der Waals surface area contributed by atoms with Gasteiger partial charge in [-0.25, -0.2) is 9.66 Å². The summed E-state index contributed by atoms with van der Waals surface area (Å²) >= 11 is 0. The van der Waals surface area contributed by atoms with E-state index >= 15 is 0 Å². The molecular formula is C33H37BN2O2P+. The SMILES string of the molecule is Cc1ccc(N=CN(c2ccc(C)cc2)[P+](B2OC(C)(C)C(C)(C)O2)(c2ccccc2)c2ccccc2)cc1. The van der Waals surface area contributed by atoms with Gasteiger partial charge in [-0.2, -0.15) is 0 Å². The molecule has 0 saturated carbocycles. The van der Waals surface area contributed by atoms with Crippen LogP contribution in [0.1, 0.15) is 38.8 Å². The molecule has 1 saturated heterocycles. The molecule has 198 valence electrons. The maximum Gasteiger partial charge on any atom is 0.705 e. The Kier molecular flexibility index (Phi) is 7.52. The van der Waals surface area contributed by atoms with Crippen molar-refractivity contribution in [3.8, 4) is 0 Å². The molecule has 0 N–H and O–H groups in total. The smallest absolute Gasteiger partial charge is 0.365 e. The van der Waals surface area contributed by atoms with E-state index in [9.17, 15) is 0 Å². The summed E-state index contributed by atoms with van der Waals surface area (Å²) < 4.78 is 16.2. The zero-order valence-corrected chi connectivity index (χ0v) is 24.6. The molecule has 1 aliphatic heterocycles. The van der Waals surface area contributed by atoms with Crippen LogP contribution in [0.5, 0.6) is 0 Å². The highest BCUT2D eigenvalue weighted by atomic mass is 31.2. The quantitative estimate of drug-likeness (QED) is 0.106. The van der Waals surface area contributed by atoms with Crippen molar-refractivity contribution < 1.29 is 9.31 Å². The van der Waals surface area contributed by atoms with Crippen LogP contribution < -0.4 is 15.3 Å². The molecule has 1 aliphatic rings. The van der Waals surface area contributed by atoms with Gasteiger partial charge in [0.25, 0.3) is 0 Å². The summed E-state index contributed by atoms with van der Waals surface area (Å²) in [5.41, 5.74) is 3.34. The lowest BCUT2D eigenvalue weighted by Gasteiger charge is -2.36. The van der Waals surface area contributed by atoms with Crippen molar-refractivity contribution >= 4 is 42.5 Å². The van der Waals surface area contributed by atoms with Crippen LogP contribution in [0, 0.1) is 13.8 Å². The van der Waals surface area contributed by atoms with Gasteiger partial charge in [-0.15, -0.1) is 0 Å². The predicted octanol–water partition coefficient (Wildman–Crippen LogP) is 7.64. The van der Waals surface area contributed by atoms with Gasteiger partial charge < -0.3 is 9.31 Å². The van der Waals surface area contributed by atoms with E-state index in [1.54, 1.807) is 0 Å². The van der Waals surface area contributed by atoms with Crippen molar-refractivity contribution in [3.63, 3.8) is 0 Å². The Hall–Kier alpha value is -3.24. The Morgan fingerprint density at radius 3 is 1.54 bits per heavy atom. The topological polar surface area (TPSA) is 34.1 Å². The van der Waals surface area contributed by atoms with Crippen LogP contribution in [0.2, 0.25) is 0 Å². The molecule has 0 unspecified atom stereocenters. The standard InChI is InChI=1S/C33H37BN2O2P/c1-26-17-21-28(22-18-26)35-25-36(29-23-19-27(2)20-24-29)39(30-13-9-7-10-14-30,31-15-11-8-12-16-31)34-37-32(3,4)33(5,6)38-34/h7-25H,1-6H3/q+1. The fourth-order valence-corrected chi connectivity index (χ4v) is 9.08. The minimum absolute atomic E-state index is 0.500. The lowest BCUT2D eigenvalue weighted by atomic mass is 9.90. The second-order valence-corrected chi connectivity index (χ2v) is 14.4. The van der Waals surface area contributed by atoms with Gasteiger partial charge in [0.2, 0.25) is 0 Å². The highest BCUT2D eigenvalue weighted by Crippen LogP contribution is 2.66. The predicted molar refractivity (Wildman–Crippen MR) is 168 cm³/mol. The Balaban J connectivity index is 1.82. The third-order valence-electron chi connectivity index (χ3n) is 7.83. The van der Waals surface area contributed by atoms with Gasteiger partial charge in [0.05, 0.1) is 22.6 Å². The molecule has 39 heavy (non-hydrogen) atoms. The maximum absolute atomic E-state index is 6.96. The van der Waals surface area contributed by atoms with Crippen molar-refractivity contribution in [1.29, 1.82) is 0 Å². The summed E-state index contributed by atoms with van der Waals surface area (Å²) in [5.74, 6) is 0. The molecule has 0 radical (unpaired) electrons. The van der Waals surface area contributed by atoms with Crippen LogP contribution in [0.15, 0.2) is 114 Å². The number of aryl methyl sites for hydroxylation is 2. The van der Waals surface area contributed by atoms with Gasteiger partial charge in [0, 0.05) is 0 Å². The van der Waals surface area contributed by atoms with E-state index in [-0.39, 0.29) is 0 Å². The molecule has 0 spiro atoms. The van der Waals surface area contributed by atoms with Crippen LogP contribution in [0.4, 0.5) is 11.4 Å². The van der Waals surface area contributed by atoms with Gasteiger partial charge in [-0.1, -0.05) is 71.8 Å². The lowest BCUT2D eigenvalue weighted by Crippen LogP contribution is -2.47. The maximum atomic E-state index is 6.96. The molecule has 4 aromatic rings. The van der Waals surface area contributed by atoms with E-state index in [0.717, 1.165) is 22.0 Å². The van der Waals surface area contributed by atoms with Crippen molar-refractivity contribution in [2.45, 2.75) is 52.7 Å². The third kappa shape index (κ3) is 5.19. The van der Waals surface area contributed by atoms with E-state index in [1.165, 1.54) is 11.1 Å². The van der Waals surface area contributed by atoms with Crippen molar-refractivity contribution in [3.05, 3.63) is 120 Å². The fraction of sp³-hybridized carbons (Fsp3) is 0.242. The number of rotatable bonds is 7. The fourth-order valence-electron chi connectivity index (χ4n) is 4.80. The molecule has 0 aliphatic carbocycles. The zero-order valence-electron chi connectivity index (χ0n) is 23.7. The van der Waals surface area contributed by atoms with Crippen molar-refractivity contribution in [2.75, 3.05) is 4.67 Å². The number of benzene rings is 4. The van der Waals surface area contributed by atoms with Gasteiger partial charge >= 0.3 is 6.84 Å². The van der Waals surface area contributed by atoms with Gasteiger partial charge in [0.1, 0.15) is 16.9 Å². The molecule has 1 fully saturated rings. The van der Waals surface area contributed by atoms with E-state index in [4.69, 9.17) is 14.3 Å². The minimum Gasteiger partial charge on any atom is -0.365 e. The summed E-state index contributed by atoms with van der Waals surface area (Å²) in [4.78, 5) is 5.03. The minimum atomic E-state index is -2.66. The highest BCUT2D eigenvalue weighted by molar-refractivity contribution is 8.14. The Bertz CT molecular complexity index is 1370. The summed E-state index contributed by atoms with van der Waals surface area (Å²) in [5, 5.41) is 2.32.